The number of piperidine rings is 1. The van der Waals surface area contributed by atoms with Gasteiger partial charge >= 0.3 is 0 Å². The van der Waals surface area contributed by atoms with Crippen LogP contribution in [0.15, 0.2) is 12.4 Å². The molecule has 2 rings (SSSR count). The van der Waals surface area contributed by atoms with Gasteiger partial charge in [0.15, 0.2) is 0 Å². The van der Waals surface area contributed by atoms with Crippen molar-refractivity contribution in [3.05, 3.63) is 12.4 Å². The van der Waals surface area contributed by atoms with Crippen LogP contribution in [0.5, 0.6) is 5.88 Å². The predicted octanol–water partition coefficient (Wildman–Crippen LogP) is 0.00320. The smallest absolute Gasteiger partial charge is 0.218 e. The van der Waals surface area contributed by atoms with Gasteiger partial charge in [-0.1, -0.05) is 0 Å². The highest BCUT2D eigenvalue weighted by Gasteiger charge is 2.22. The molecule has 0 radical (unpaired) electrons. The van der Waals surface area contributed by atoms with Crippen LogP contribution in [0.4, 0.5) is 5.82 Å². The summed E-state index contributed by atoms with van der Waals surface area (Å²) in [7, 11) is -1.57. The van der Waals surface area contributed by atoms with Crippen molar-refractivity contribution >= 4 is 15.8 Å². The molecular formula is C11H18N4O3S. The molecular weight excluding hydrogens is 268 g/mol. The van der Waals surface area contributed by atoms with Crippen molar-refractivity contribution in [3.8, 4) is 5.88 Å². The summed E-state index contributed by atoms with van der Waals surface area (Å²) in [6.07, 6.45) is 4.18. The zero-order valence-corrected chi connectivity index (χ0v) is 11.9. The van der Waals surface area contributed by atoms with Crippen molar-refractivity contribution in [1.82, 2.24) is 14.7 Å². The first kappa shape index (κ1) is 14.0. The number of hydrogen-bond donors (Lipinski definition) is 1. The number of nitrogens with one attached hydrogen (secondary N) is 1. The van der Waals surface area contributed by atoms with E-state index in [0.717, 1.165) is 31.7 Å². The van der Waals surface area contributed by atoms with Crippen LogP contribution < -0.4 is 14.4 Å². The minimum Gasteiger partial charge on any atom is -0.481 e. The van der Waals surface area contributed by atoms with Gasteiger partial charge in [0.1, 0.15) is 12.1 Å². The molecule has 1 aliphatic heterocycles. The van der Waals surface area contributed by atoms with E-state index in [4.69, 9.17) is 4.74 Å². The minimum atomic E-state index is -3.13. The lowest BCUT2D eigenvalue weighted by Gasteiger charge is -2.32. The molecule has 0 aromatic carbocycles. The van der Waals surface area contributed by atoms with Crippen molar-refractivity contribution in [3.63, 3.8) is 0 Å². The SMILES string of the molecule is COc1cc(N2CCC(NS(C)(=O)=O)CC2)ncn1. The molecule has 0 saturated carbocycles. The van der Waals surface area contributed by atoms with Gasteiger partial charge in [-0.2, -0.15) is 0 Å². The van der Waals surface area contributed by atoms with E-state index in [-0.39, 0.29) is 6.04 Å². The normalized spacial score (nSPS) is 17.5. The summed E-state index contributed by atoms with van der Waals surface area (Å²) in [6.45, 7) is 1.51. The van der Waals surface area contributed by atoms with Gasteiger partial charge < -0.3 is 9.64 Å². The molecule has 0 bridgehead atoms. The fourth-order valence-corrected chi connectivity index (χ4v) is 2.98. The fraction of sp³-hybridized carbons (Fsp3) is 0.636. The molecule has 0 unspecified atom stereocenters. The van der Waals surface area contributed by atoms with Gasteiger partial charge in [-0.25, -0.2) is 23.1 Å². The minimum absolute atomic E-state index is 0.00924. The van der Waals surface area contributed by atoms with Crippen LogP contribution in [-0.2, 0) is 10.0 Å². The molecule has 0 amide bonds. The second kappa shape index (κ2) is 5.70. The Hall–Kier alpha value is -1.41. The summed E-state index contributed by atoms with van der Waals surface area (Å²) >= 11 is 0. The van der Waals surface area contributed by atoms with Gasteiger partial charge in [0, 0.05) is 25.2 Å². The van der Waals surface area contributed by atoms with E-state index in [1.165, 1.54) is 12.6 Å². The highest BCUT2D eigenvalue weighted by molar-refractivity contribution is 7.88. The van der Waals surface area contributed by atoms with E-state index in [1.807, 2.05) is 0 Å². The topological polar surface area (TPSA) is 84.4 Å². The monoisotopic (exact) mass is 286 g/mol. The molecule has 2 heterocycles. The van der Waals surface area contributed by atoms with E-state index in [2.05, 4.69) is 19.6 Å². The molecule has 0 spiro atoms. The van der Waals surface area contributed by atoms with Crippen molar-refractivity contribution in [2.45, 2.75) is 18.9 Å². The van der Waals surface area contributed by atoms with Crippen LogP contribution in [0.3, 0.4) is 0 Å². The van der Waals surface area contributed by atoms with Crippen molar-refractivity contribution < 1.29 is 13.2 Å². The molecule has 1 fully saturated rings. The highest BCUT2D eigenvalue weighted by atomic mass is 32.2. The first-order valence-electron chi connectivity index (χ1n) is 6.06. The molecule has 0 atom stereocenters. The summed E-state index contributed by atoms with van der Waals surface area (Å²) < 4.78 is 30.0. The number of hydrogen-bond acceptors (Lipinski definition) is 6. The number of sulfonamides is 1. The van der Waals surface area contributed by atoms with Crippen LogP contribution in [0, 0.1) is 0 Å². The van der Waals surface area contributed by atoms with Crippen LogP contribution in [0.25, 0.3) is 0 Å². The lowest BCUT2D eigenvalue weighted by molar-refractivity contribution is 0.396. The first-order chi connectivity index (χ1) is 8.98. The van der Waals surface area contributed by atoms with Crippen molar-refractivity contribution in [1.29, 1.82) is 0 Å². The third kappa shape index (κ3) is 4.03. The van der Waals surface area contributed by atoms with Crippen LogP contribution in [0.1, 0.15) is 12.8 Å². The third-order valence-corrected chi connectivity index (χ3v) is 3.80. The van der Waals surface area contributed by atoms with Crippen LogP contribution in [-0.4, -0.2) is 50.9 Å². The maximum Gasteiger partial charge on any atom is 0.218 e. The molecule has 1 aromatic rings. The molecule has 1 aliphatic rings. The highest BCUT2D eigenvalue weighted by Crippen LogP contribution is 2.20. The Bertz CT molecular complexity index is 526. The van der Waals surface area contributed by atoms with Crippen molar-refractivity contribution in [2.75, 3.05) is 31.4 Å². The lowest BCUT2D eigenvalue weighted by atomic mass is 10.1. The Morgan fingerprint density at radius 2 is 2.05 bits per heavy atom. The number of rotatable bonds is 4. The molecule has 1 saturated heterocycles. The number of methoxy groups -OCH3 is 1. The lowest BCUT2D eigenvalue weighted by Crippen LogP contribution is -2.44. The second-order valence-electron chi connectivity index (χ2n) is 4.57. The van der Waals surface area contributed by atoms with Gasteiger partial charge in [-0.3, -0.25) is 0 Å². The standard InChI is InChI=1S/C11H18N4O3S/c1-18-11-7-10(12-8-13-11)15-5-3-9(4-6-15)14-19(2,16)17/h7-9,14H,3-6H2,1-2H3. The van der Waals surface area contributed by atoms with E-state index < -0.39 is 10.0 Å². The van der Waals surface area contributed by atoms with Gasteiger partial charge in [-0.05, 0) is 12.8 Å². The number of nitrogens with zero attached hydrogens (tertiary/aromatic N) is 3. The van der Waals surface area contributed by atoms with Gasteiger partial charge in [-0.15, -0.1) is 0 Å². The van der Waals surface area contributed by atoms with Crippen molar-refractivity contribution in [2.24, 2.45) is 0 Å². The van der Waals surface area contributed by atoms with E-state index in [9.17, 15) is 8.42 Å². The third-order valence-electron chi connectivity index (χ3n) is 3.04. The van der Waals surface area contributed by atoms with Gasteiger partial charge in [0.2, 0.25) is 15.9 Å². The molecule has 1 aromatic heterocycles. The number of aromatic nitrogens is 2. The quantitative estimate of drug-likeness (QED) is 0.839. The van der Waals surface area contributed by atoms with E-state index in [0.29, 0.717) is 5.88 Å². The molecule has 8 heteroatoms. The predicted molar refractivity (Wildman–Crippen MR) is 71.8 cm³/mol. The maximum absolute atomic E-state index is 11.2. The summed E-state index contributed by atoms with van der Waals surface area (Å²) in [5, 5.41) is 0. The molecule has 7 nitrogen and oxygen atoms in total. The van der Waals surface area contributed by atoms with Gasteiger partial charge in [0.05, 0.1) is 13.4 Å². The Morgan fingerprint density at radius 1 is 1.37 bits per heavy atom. The Balaban J connectivity index is 1.96. The summed E-state index contributed by atoms with van der Waals surface area (Å²) in [5.74, 6) is 1.34. The second-order valence-corrected chi connectivity index (χ2v) is 6.35. The van der Waals surface area contributed by atoms with Crippen LogP contribution >= 0.6 is 0 Å². The van der Waals surface area contributed by atoms with Crippen LogP contribution in [0.2, 0.25) is 0 Å². The molecule has 1 N–H and O–H groups in total. The molecule has 0 aliphatic carbocycles. The Kier molecular flexibility index (Phi) is 4.20. The maximum atomic E-state index is 11.2. The zero-order valence-electron chi connectivity index (χ0n) is 11.0. The zero-order chi connectivity index (χ0) is 13.9. The average molecular weight is 286 g/mol. The largest absolute Gasteiger partial charge is 0.481 e. The Labute approximate surface area is 113 Å². The van der Waals surface area contributed by atoms with E-state index >= 15 is 0 Å². The molecule has 106 valence electrons. The summed E-state index contributed by atoms with van der Waals surface area (Å²) in [4.78, 5) is 10.3. The van der Waals surface area contributed by atoms with Gasteiger partial charge in [0.25, 0.3) is 0 Å². The average Bonchev–Trinajstić information content (AvgIpc) is 2.38. The van der Waals surface area contributed by atoms with E-state index in [1.54, 1.807) is 13.2 Å². The molecule has 19 heavy (non-hydrogen) atoms. The fourth-order valence-electron chi connectivity index (χ4n) is 2.14. The summed E-state index contributed by atoms with van der Waals surface area (Å²) in [6, 6.07) is 1.79. The number of ether oxygens (including phenoxy) is 1. The number of anilines is 1. The first-order valence-corrected chi connectivity index (χ1v) is 7.95. The Morgan fingerprint density at radius 3 is 2.63 bits per heavy atom. The summed E-state index contributed by atoms with van der Waals surface area (Å²) in [5.41, 5.74) is 0.